The van der Waals surface area contributed by atoms with Gasteiger partial charge in [-0.3, -0.25) is 14.9 Å². The zero-order valence-corrected chi connectivity index (χ0v) is 13.1. The number of non-ortho nitro benzene ring substituents is 1. The molecule has 1 aliphatic heterocycles. The maximum absolute atomic E-state index is 12.3. The molecule has 7 heteroatoms. The zero-order chi connectivity index (χ0) is 16.2. The maximum atomic E-state index is 12.3. The summed E-state index contributed by atoms with van der Waals surface area (Å²) in [5.74, 6) is -0.123. The van der Waals surface area contributed by atoms with Crippen LogP contribution in [0.25, 0.3) is 0 Å². The Morgan fingerprint density at radius 1 is 1.04 bits per heavy atom. The van der Waals surface area contributed by atoms with Gasteiger partial charge in [0.1, 0.15) is 0 Å². The van der Waals surface area contributed by atoms with E-state index in [2.05, 4.69) is 10.6 Å². The Balaban J connectivity index is 2.07. The molecule has 6 nitrogen and oxygen atoms in total. The van der Waals surface area contributed by atoms with Gasteiger partial charge in [0.15, 0.2) is 0 Å². The molecule has 23 heavy (non-hydrogen) atoms. The summed E-state index contributed by atoms with van der Waals surface area (Å²) in [7, 11) is 0. The Hall–Kier alpha value is -2.54. The molecule has 2 aromatic carbocycles. The summed E-state index contributed by atoms with van der Waals surface area (Å²) in [5, 5.41) is 17.2. The van der Waals surface area contributed by atoms with Crippen LogP contribution in [0.1, 0.15) is 16.8 Å². The van der Waals surface area contributed by atoms with Gasteiger partial charge < -0.3 is 10.6 Å². The average molecular weight is 329 g/mol. The third-order valence-electron chi connectivity index (χ3n) is 3.48. The van der Waals surface area contributed by atoms with Gasteiger partial charge in [0.25, 0.3) is 11.6 Å². The van der Waals surface area contributed by atoms with Crippen molar-refractivity contribution in [2.24, 2.45) is 0 Å². The molecular weight excluding hydrogens is 314 g/mol. The smallest absolute Gasteiger partial charge is 0.270 e. The Morgan fingerprint density at radius 3 is 2.65 bits per heavy atom. The number of hydrogen-bond donors (Lipinski definition) is 2. The third kappa shape index (κ3) is 3.45. The highest BCUT2D eigenvalue weighted by molar-refractivity contribution is 7.99. The fourth-order valence-electron chi connectivity index (χ4n) is 2.33. The lowest BCUT2D eigenvalue weighted by molar-refractivity contribution is -0.385. The van der Waals surface area contributed by atoms with E-state index in [1.807, 2.05) is 18.2 Å². The molecule has 0 aromatic heterocycles. The minimum absolute atomic E-state index is 0.0369. The van der Waals surface area contributed by atoms with E-state index >= 15 is 0 Å². The van der Waals surface area contributed by atoms with Gasteiger partial charge in [-0.2, -0.15) is 0 Å². The van der Waals surface area contributed by atoms with Gasteiger partial charge in [-0.1, -0.05) is 23.9 Å². The largest absolute Gasteiger partial charge is 0.384 e. The van der Waals surface area contributed by atoms with E-state index in [1.54, 1.807) is 18.2 Å². The van der Waals surface area contributed by atoms with Crippen LogP contribution >= 0.6 is 11.8 Å². The molecule has 0 radical (unpaired) electrons. The molecule has 0 aliphatic carbocycles. The number of amides is 1. The summed E-state index contributed by atoms with van der Waals surface area (Å²) in [6.45, 7) is 1.26. The van der Waals surface area contributed by atoms with Crippen molar-refractivity contribution in [2.45, 2.75) is 16.2 Å². The monoisotopic (exact) mass is 329 g/mol. The number of nitrogens with one attached hydrogen (secondary N) is 2. The van der Waals surface area contributed by atoms with Crippen molar-refractivity contribution >= 4 is 29.0 Å². The van der Waals surface area contributed by atoms with Gasteiger partial charge in [0, 0.05) is 40.7 Å². The van der Waals surface area contributed by atoms with Gasteiger partial charge >= 0.3 is 0 Å². The molecule has 0 spiro atoms. The number of carbonyl (C=O) groups excluding carboxylic acids is 1. The van der Waals surface area contributed by atoms with Crippen LogP contribution in [0.15, 0.2) is 52.3 Å². The van der Waals surface area contributed by atoms with Crippen molar-refractivity contribution in [3.8, 4) is 0 Å². The molecular formula is C16H15N3O3S. The molecule has 1 heterocycles. The van der Waals surface area contributed by atoms with Gasteiger partial charge in [0.05, 0.1) is 10.5 Å². The van der Waals surface area contributed by atoms with Crippen molar-refractivity contribution < 1.29 is 9.72 Å². The first-order valence-electron chi connectivity index (χ1n) is 7.22. The predicted molar refractivity (Wildman–Crippen MR) is 89.1 cm³/mol. The van der Waals surface area contributed by atoms with E-state index in [1.165, 1.54) is 17.8 Å². The normalized spacial score (nSPS) is 14.5. The van der Waals surface area contributed by atoms with Crippen molar-refractivity contribution in [3.05, 3.63) is 58.1 Å². The Bertz CT molecular complexity index is 764. The van der Waals surface area contributed by atoms with Crippen molar-refractivity contribution in [1.82, 2.24) is 5.32 Å². The number of hydrogen-bond acceptors (Lipinski definition) is 5. The van der Waals surface area contributed by atoms with E-state index < -0.39 is 4.92 Å². The number of nitrogens with zero attached hydrogens (tertiary/aromatic N) is 1. The number of carbonyl (C=O) groups is 1. The number of fused-ring (bicyclic) bond motifs is 2. The number of benzene rings is 2. The third-order valence-corrected chi connectivity index (χ3v) is 4.62. The van der Waals surface area contributed by atoms with Crippen molar-refractivity contribution in [1.29, 1.82) is 0 Å². The highest BCUT2D eigenvalue weighted by atomic mass is 32.2. The average Bonchev–Trinajstić information content (AvgIpc) is 2.58. The molecule has 2 aromatic rings. The topological polar surface area (TPSA) is 84.3 Å². The van der Waals surface area contributed by atoms with Crippen LogP contribution in [-0.4, -0.2) is 23.9 Å². The highest BCUT2D eigenvalue weighted by Crippen LogP contribution is 2.37. The molecule has 0 saturated carbocycles. The maximum Gasteiger partial charge on any atom is 0.270 e. The lowest BCUT2D eigenvalue weighted by atomic mass is 10.2. The minimum Gasteiger partial charge on any atom is -0.384 e. The van der Waals surface area contributed by atoms with E-state index in [-0.39, 0.29) is 11.6 Å². The number of rotatable bonds is 1. The van der Waals surface area contributed by atoms with E-state index in [0.29, 0.717) is 18.7 Å². The van der Waals surface area contributed by atoms with Crippen molar-refractivity contribution in [2.75, 3.05) is 18.4 Å². The lowest BCUT2D eigenvalue weighted by Gasteiger charge is -2.11. The Labute approximate surface area is 137 Å². The van der Waals surface area contributed by atoms with Crippen LogP contribution in [-0.2, 0) is 0 Å². The van der Waals surface area contributed by atoms with Crippen LogP contribution in [0.5, 0.6) is 0 Å². The molecule has 0 bridgehead atoms. The second kappa shape index (κ2) is 6.70. The zero-order valence-electron chi connectivity index (χ0n) is 12.2. The predicted octanol–water partition coefficient (Wildman–Crippen LogP) is 3.29. The molecule has 118 valence electrons. The summed E-state index contributed by atoms with van der Waals surface area (Å²) < 4.78 is 0. The molecule has 0 unspecified atom stereocenters. The Morgan fingerprint density at radius 2 is 1.83 bits per heavy atom. The molecule has 0 atom stereocenters. The van der Waals surface area contributed by atoms with Gasteiger partial charge in [-0.05, 0) is 24.6 Å². The second-order valence-corrected chi connectivity index (χ2v) is 6.16. The first-order chi connectivity index (χ1) is 11.1. The van der Waals surface area contributed by atoms with Crippen LogP contribution in [0.2, 0.25) is 0 Å². The summed E-state index contributed by atoms with van der Waals surface area (Å²) in [6, 6.07) is 12.0. The molecule has 0 saturated heterocycles. The van der Waals surface area contributed by atoms with Crippen LogP contribution in [0.4, 0.5) is 11.4 Å². The molecule has 3 rings (SSSR count). The number of anilines is 1. The van der Waals surface area contributed by atoms with Crippen LogP contribution < -0.4 is 10.6 Å². The summed E-state index contributed by atoms with van der Waals surface area (Å²) in [6.07, 6.45) is 0.773. The molecule has 2 N–H and O–H groups in total. The molecule has 0 fully saturated rings. The van der Waals surface area contributed by atoms with Crippen LogP contribution in [0.3, 0.4) is 0 Å². The van der Waals surface area contributed by atoms with Crippen molar-refractivity contribution in [3.63, 3.8) is 0 Å². The van der Waals surface area contributed by atoms with E-state index in [4.69, 9.17) is 0 Å². The summed E-state index contributed by atoms with van der Waals surface area (Å²) in [4.78, 5) is 24.4. The quantitative estimate of drug-likeness (QED) is 0.619. The SMILES string of the molecule is O=C1NCCCNc2ccc([N+](=O)[O-])cc2Sc2ccccc21. The first kappa shape index (κ1) is 15.4. The standard InChI is InChI=1S/C16H15N3O3S/c20-16-12-4-1-2-5-14(12)23-15-10-11(19(21)22)6-7-13(15)17-8-3-9-18-16/h1-2,4-7,10,17H,3,8-9H2,(H,18,20). The van der Waals surface area contributed by atoms with E-state index in [9.17, 15) is 14.9 Å². The van der Waals surface area contributed by atoms with E-state index in [0.717, 1.165) is 21.9 Å². The fourth-order valence-corrected chi connectivity index (χ4v) is 3.41. The highest BCUT2D eigenvalue weighted by Gasteiger charge is 2.17. The molecule has 1 aliphatic rings. The first-order valence-corrected chi connectivity index (χ1v) is 8.04. The van der Waals surface area contributed by atoms with Crippen LogP contribution in [0, 0.1) is 10.1 Å². The fraction of sp³-hybridized carbons (Fsp3) is 0.188. The second-order valence-electron chi connectivity index (χ2n) is 5.07. The number of nitro groups is 1. The lowest BCUT2D eigenvalue weighted by Crippen LogP contribution is -2.26. The van der Waals surface area contributed by atoms with Gasteiger partial charge in [-0.15, -0.1) is 0 Å². The summed E-state index contributed by atoms with van der Waals surface area (Å²) >= 11 is 1.36. The molecule has 1 amide bonds. The van der Waals surface area contributed by atoms with Gasteiger partial charge in [0.2, 0.25) is 0 Å². The summed E-state index contributed by atoms with van der Waals surface area (Å²) in [5.41, 5.74) is 1.46. The van der Waals surface area contributed by atoms with Gasteiger partial charge in [-0.25, -0.2) is 0 Å². The number of nitro benzene ring substituents is 1. The Kier molecular flexibility index (Phi) is 4.47. The minimum atomic E-state index is -0.412.